The number of aliphatic hydroxyl groups excluding tert-OH is 1. The molecule has 1 aliphatic rings. The van der Waals surface area contributed by atoms with E-state index in [1.54, 1.807) is 0 Å². The van der Waals surface area contributed by atoms with Crippen LogP contribution in [0.25, 0.3) is 0 Å². The molecular formula is C17H27NO. The minimum absolute atomic E-state index is 0.321. The zero-order valence-corrected chi connectivity index (χ0v) is 12.5. The van der Waals surface area contributed by atoms with E-state index in [1.165, 1.54) is 37.1 Å². The van der Waals surface area contributed by atoms with Crippen LogP contribution in [-0.2, 0) is 0 Å². The lowest BCUT2D eigenvalue weighted by Crippen LogP contribution is -2.34. The Morgan fingerprint density at radius 3 is 2.32 bits per heavy atom. The van der Waals surface area contributed by atoms with Gasteiger partial charge in [0.1, 0.15) is 0 Å². The molecule has 106 valence electrons. The van der Waals surface area contributed by atoms with Gasteiger partial charge in [-0.15, -0.1) is 0 Å². The monoisotopic (exact) mass is 261 g/mol. The van der Waals surface area contributed by atoms with Crippen molar-refractivity contribution in [2.75, 3.05) is 19.6 Å². The molecule has 0 amide bonds. The van der Waals surface area contributed by atoms with Gasteiger partial charge in [-0.3, -0.25) is 0 Å². The smallest absolute Gasteiger partial charge is 0.0802 e. The van der Waals surface area contributed by atoms with Gasteiger partial charge in [-0.05, 0) is 57.7 Å². The summed E-state index contributed by atoms with van der Waals surface area (Å²) in [5.74, 6) is 0.876. The molecule has 1 aromatic rings. The highest BCUT2D eigenvalue weighted by molar-refractivity contribution is 5.29. The lowest BCUT2D eigenvalue weighted by atomic mass is 9.98. The van der Waals surface area contributed by atoms with Crippen LogP contribution in [0.4, 0.5) is 0 Å². The van der Waals surface area contributed by atoms with Gasteiger partial charge >= 0.3 is 0 Å². The average Bonchev–Trinajstić information content (AvgIpc) is 2.36. The van der Waals surface area contributed by atoms with Crippen molar-refractivity contribution in [3.8, 4) is 0 Å². The second-order valence-electron chi connectivity index (χ2n) is 6.25. The molecule has 0 saturated carbocycles. The van der Waals surface area contributed by atoms with Gasteiger partial charge in [-0.1, -0.05) is 36.2 Å². The first-order valence-electron chi connectivity index (χ1n) is 7.53. The van der Waals surface area contributed by atoms with E-state index in [1.807, 2.05) is 0 Å². The highest BCUT2D eigenvalue weighted by Crippen LogP contribution is 2.22. The summed E-state index contributed by atoms with van der Waals surface area (Å²) < 4.78 is 0. The molecule has 19 heavy (non-hydrogen) atoms. The molecule has 1 heterocycles. The number of nitrogens with zero attached hydrogens (tertiary/aromatic N) is 1. The number of hydrogen-bond donors (Lipinski definition) is 1. The topological polar surface area (TPSA) is 23.5 Å². The molecule has 0 bridgehead atoms. The summed E-state index contributed by atoms with van der Waals surface area (Å²) in [6.45, 7) is 9.93. The molecule has 1 aliphatic heterocycles. The summed E-state index contributed by atoms with van der Waals surface area (Å²) in [4.78, 5) is 2.49. The number of rotatable bonds is 4. The van der Waals surface area contributed by atoms with Crippen molar-refractivity contribution in [3.05, 3.63) is 34.9 Å². The standard InChI is InChI=1S/C17H27NO/c1-13-4-7-18(8-5-13)9-6-17(19)16-11-14(2)10-15(3)12-16/h10-13,17,19H,4-9H2,1-3H3. The third kappa shape index (κ3) is 4.32. The number of benzene rings is 1. The van der Waals surface area contributed by atoms with Crippen LogP contribution < -0.4 is 0 Å². The van der Waals surface area contributed by atoms with E-state index in [0.717, 1.165) is 24.4 Å². The number of likely N-dealkylation sites (tertiary alicyclic amines) is 1. The third-order valence-electron chi connectivity index (χ3n) is 4.22. The minimum atomic E-state index is -0.321. The van der Waals surface area contributed by atoms with Gasteiger partial charge < -0.3 is 10.0 Å². The fraction of sp³-hybridized carbons (Fsp3) is 0.647. The summed E-state index contributed by atoms with van der Waals surface area (Å²) in [6, 6.07) is 6.37. The molecule has 0 radical (unpaired) electrons. The van der Waals surface area contributed by atoms with Crippen molar-refractivity contribution in [1.82, 2.24) is 4.90 Å². The van der Waals surface area contributed by atoms with Crippen LogP contribution in [0.15, 0.2) is 18.2 Å². The van der Waals surface area contributed by atoms with Gasteiger partial charge in [0.25, 0.3) is 0 Å². The molecule has 1 saturated heterocycles. The summed E-state index contributed by atoms with van der Waals surface area (Å²) >= 11 is 0. The number of aryl methyl sites for hydroxylation is 2. The Hall–Kier alpha value is -0.860. The van der Waals surface area contributed by atoms with E-state index >= 15 is 0 Å². The first kappa shape index (κ1) is 14.5. The Morgan fingerprint density at radius 1 is 1.16 bits per heavy atom. The number of piperidine rings is 1. The molecule has 1 atom stereocenters. The lowest BCUT2D eigenvalue weighted by molar-refractivity contribution is 0.125. The summed E-state index contributed by atoms with van der Waals surface area (Å²) in [5.41, 5.74) is 3.55. The molecule has 1 unspecified atom stereocenters. The summed E-state index contributed by atoms with van der Waals surface area (Å²) in [7, 11) is 0. The quantitative estimate of drug-likeness (QED) is 0.897. The van der Waals surface area contributed by atoms with Crippen LogP contribution in [0.5, 0.6) is 0 Å². The normalized spacial score (nSPS) is 19.6. The van der Waals surface area contributed by atoms with Crippen LogP contribution >= 0.6 is 0 Å². The first-order chi connectivity index (χ1) is 9.04. The van der Waals surface area contributed by atoms with E-state index in [-0.39, 0.29) is 6.10 Å². The molecule has 2 rings (SSSR count). The predicted octanol–water partition coefficient (Wildman–Crippen LogP) is 3.46. The number of hydrogen-bond acceptors (Lipinski definition) is 2. The number of aliphatic hydroxyl groups is 1. The molecule has 0 spiro atoms. The van der Waals surface area contributed by atoms with Crippen molar-refractivity contribution in [2.45, 2.75) is 46.1 Å². The largest absolute Gasteiger partial charge is 0.388 e. The van der Waals surface area contributed by atoms with Gasteiger partial charge in [0.05, 0.1) is 6.10 Å². The van der Waals surface area contributed by atoms with Crippen LogP contribution in [0, 0.1) is 19.8 Å². The highest BCUT2D eigenvalue weighted by atomic mass is 16.3. The van der Waals surface area contributed by atoms with E-state index in [9.17, 15) is 5.11 Å². The second-order valence-corrected chi connectivity index (χ2v) is 6.25. The Morgan fingerprint density at radius 2 is 1.74 bits per heavy atom. The predicted molar refractivity (Wildman–Crippen MR) is 80.3 cm³/mol. The van der Waals surface area contributed by atoms with Gasteiger partial charge in [-0.2, -0.15) is 0 Å². The molecule has 0 aliphatic carbocycles. The highest BCUT2D eigenvalue weighted by Gasteiger charge is 2.17. The van der Waals surface area contributed by atoms with Crippen molar-refractivity contribution in [3.63, 3.8) is 0 Å². The third-order valence-corrected chi connectivity index (χ3v) is 4.22. The zero-order valence-electron chi connectivity index (χ0n) is 12.5. The van der Waals surface area contributed by atoms with Crippen molar-refractivity contribution in [2.24, 2.45) is 5.92 Å². The maximum Gasteiger partial charge on any atom is 0.0802 e. The van der Waals surface area contributed by atoms with E-state index in [4.69, 9.17) is 0 Å². The summed E-state index contributed by atoms with van der Waals surface area (Å²) in [6.07, 6.45) is 3.13. The fourth-order valence-corrected chi connectivity index (χ4v) is 2.96. The molecule has 2 heteroatoms. The SMILES string of the molecule is Cc1cc(C)cc(C(O)CCN2CCC(C)CC2)c1. The van der Waals surface area contributed by atoms with Crippen molar-refractivity contribution < 1.29 is 5.11 Å². The fourth-order valence-electron chi connectivity index (χ4n) is 2.96. The maximum absolute atomic E-state index is 10.3. The average molecular weight is 261 g/mol. The molecule has 1 N–H and O–H groups in total. The Labute approximate surface area is 117 Å². The Kier molecular flexibility index (Phi) is 5.00. The van der Waals surface area contributed by atoms with E-state index in [0.29, 0.717) is 0 Å². The molecule has 1 fully saturated rings. The van der Waals surface area contributed by atoms with Gasteiger partial charge in [0.15, 0.2) is 0 Å². The minimum Gasteiger partial charge on any atom is -0.388 e. The van der Waals surface area contributed by atoms with Gasteiger partial charge in [0, 0.05) is 6.54 Å². The second kappa shape index (κ2) is 6.53. The molecule has 0 aromatic heterocycles. The van der Waals surface area contributed by atoms with Crippen LogP contribution in [-0.4, -0.2) is 29.6 Å². The van der Waals surface area contributed by atoms with Crippen LogP contribution in [0.3, 0.4) is 0 Å². The zero-order chi connectivity index (χ0) is 13.8. The molecule has 2 nitrogen and oxygen atoms in total. The van der Waals surface area contributed by atoms with E-state index < -0.39 is 0 Å². The van der Waals surface area contributed by atoms with Crippen LogP contribution in [0.1, 0.15) is 49.0 Å². The molecular weight excluding hydrogens is 234 g/mol. The first-order valence-corrected chi connectivity index (χ1v) is 7.53. The summed E-state index contributed by atoms with van der Waals surface area (Å²) in [5, 5.41) is 10.3. The maximum atomic E-state index is 10.3. The molecule has 1 aromatic carbocycles. The van der Waals surface area contributed by atoms with Gasteiger partial charge in [-0.25, -0.2) is 0 Å². The van der Waals surface area contributed by atoms with Crippen LogP contribution in [0.2, 0.25) is 0 Å². The van der Waals surface area contributed by atoms with E-state index in [2.05, 4.69) is 43.9 Å². The van der Waals surface area contributed by atoms with Crippen molar-refractivity contribution in [1.29, 1.82) is 0 Å². The van der Waals surface area contributed by atoms with Crippen molar-refractivity contribution >= 4 is 0 Å². The lowest BCUT2D eigenvalue weighted by Gasteiger charge is -2.30. The van der Waals surface area contributed by atoms with Gasteiger partial charge in [0.2, 0.25) is 0 Å². The Bertz CT molecular complexity index is 387. The Balaban J connectivity index is 1.85.